The van der Waals surface area contributed by atoms with Gasteiger partial charge in [-0.25, -0.2) is 0 Å². The molecule has 0 aliphatic rings. The molecule has 0 radical (unpaired) electrons. The van der Waals surface area contributed by atoms with Crippen molar-refractivity contribution in [3.8, 4) is 0 Å². The van der Waals surface area contributed by atoms with Crippen molar-refractivity contribution in [3.63, 3.8) is 0 Å². The van der Waals surface area contributed by atoms with Gasteiger partial charge in [-0.2, -0.15) is 0 Å². The van der Waals surface area contributed by atoms with E-state index in [4.69, 9.17) is 0 Å². The van der Waals surface area contributed by atoms with E-state index in [1.165, 1.54) is 0 Å². The molecule has 0 aliphatic heterocycles. The van der Waals surface area contributed by atoms with Crippen LogP contribution in [0, 0.1) is 0 Å². The molecule has 100 valence electrons. The number of hydrogen-bond donors (Lipinski definition) is 3. The predicted octanol–water partition coefficient (Wildman–Crippen LogP) is -0.585. The minimum absolute atomic E-state index is 0.216. The Bertz CT molecular complexity index is 246. The van der Waals surface area contributed by atoms with Gasteiger partial charge in [0.05, 0.1) is 6.61 Å². The number of rotatable bonds is 8. The van der Waals surface area contributed by atoms with E-state index in [-0.39, 0.29) is 19.2 Å². The summed E-state index contributed by atoms with van der Waals surface area (Å²) in [6.45, 7) is 3.71. The molecule has 6 nitrogen and oxygen atoms in total. The highest BCUT2D eigenvalue weighted by Gasteiger charge is 2.24. The highest BCUT2D eigenvalue weighted by atomic mass is 16.5. The summed E-state index contributed by atoms with van der Waals surface area (Å²) in [6.07, 6.45) is 0.382. The molecule has 0 fully saturated rings. The van der Waals surface area contributed by atoms with Gasteiger partial charge in [0.2, 0.25) is 0 Å². The molecule has 0 aromatic heterocycles. The molecular formula is C11H22N2O4. The van der Waals surface area contributed by atoms with Crippen molar-refractivity contribution in [2.45, 2.75) is 38.8 Å². The Labute approximate surface area is 102 Å². The smallest absolute Gasteiger partial charge is 0.325 e. The number of carbonyl (C=O) groups excluding carboxylic acids is 2. The third-order valence-electron chi connectivity index (χ3n) is 2.33. The van der Waals surface area contributed by atoms with Crippen molar-refractivity contribution >= 4 is 11.9 Å². The monoisotopic (exact) mass is 246 g/mol. The summed E-state index contributed by atoms with van der Waals surface area (Å²) in [7, 11) is 1.68. The number of aliphatic hydroxyl groups is 1. The first-order valence-electron chi connectivity index (χ1n) is 5.85. The molecule has 6 heteroatoms. The number of hydrogen-bond acceptors (Lipinski definition) is 5. The third-order valence-corrected chi connectivity index (χ3v) is 2.33. The van der Waals surface area contributed by atoms with E-state index < -0.39 is 18.0 Å². The van der Waals surface area contributed by atoms with Gasteiger partial charge in [-0.05, 0) is 20.4 Å². The zero-order valence-corrected chi connectivity index (χ0v) is 10.7. The van der Waals surface area contributed by atoms with Crippen LogP contribution < -0.4 is 10.6 Å². The molecule has 17 heavy (non-hydrogen) atoms. The van der Waals surface area contributed by atoms with E-state index in [0.29, 0.717) is 6.42 Å². The SMILES string of the molecule is CCC[C@H](NC)C(O)C(=O)NCC(=O)OCC. The van der Waals surface area contributed by atoms with Gasteiger partial charge in [-0.3, -0.25) is 9.59 Å². The van der Waals surface area contributed by atoms with Crippen molar-refractivity contribution in [1.29, 1.82) is 0 Å². The van der Waals surface area contributed by atoms with E-state index in [2.05, 4.69) is 15.4 Å². The van der Waals surface area contributed by atoms with E-state index in [1.807, 2.05) is 6.92 Å². The highest BCUT2D eigenvalue weighted by Crippen LogP contribution is 2.02. The summed E-state index contributed by atoms with van der Waals surface area (Å²) < 4.78 is 4.66. The largest absolute Gasteiger partial charge is 0.465 e. The van der Waals surface area contributed by atoms with E-state index in [1.54, 1.807) is 14.0 Å². The Morgan fingerprint density at radius 2 is 2.00 bits per heavy atom. The number of amides is 1. The zero-order valence-electron chi connectivity index (χ0n) is 10.7. The molecular weight excluding hydrogens is 224 g/mol. The van der Waals surface area contributed by atoms with Gasteiger partial charge in [-0.15, -0.1) is 0 Å². The molecule has 0 saturated carbocycles. The number of likely N-dealkylation sites (N-methyl/N-ethyl adjacent to an activating group) is 1. The number of nitrogens with one attached hydrogen (secondary N) is 2. The van der Waals surface area contributed by atoms with Crippen molar-refractivity contribution in [3.05, 3.63) is 0 Å². The molecule has 0 rings (SSSR count). The number of aliphatic hydroxyl groups excluding tert-OH is 1. The minimum atomic E-state index is -1.16. The predicted molar refractivity (Wildman–Crippen MR) is 63.4 cm³/mol. The molecule has 0 heterocycles. The van der Waals surface area contributed by atoms with Crippen LogP contribution in [0.5, 0.6) is 0 Å². The standard InChI is InChI=1S/C11H22N2O4/c1-4-6-8(12-3)10(15)11(16)13-7-9(14)17-5-2/h8,10,12,15H,4-7H2,1-3H3,(H,13,16)/t8-,10?/m0/s1. The topological polar surface area (TPSA) is 87.7 Å². The van der Waals surface area contributed by atoms with Gasteiger partial charge in [0, 0.05) is 6.04 Å². The number of esters is 1. The molecule has 0 bridgehead atoms. The Morgan fingerprint density at radius 1 is 1.35 bits per heavy atom. The Morgan fingerprint density at radius 3 is 2.47 bits per heavy atom. The van der Waals surface area contributed by atoms with Crippen LogP contribution in [-0.4, -0.2) is 49.3 Å². The molecule has 0 spiro atoms. The Balaban J connectivity index is 4.07. The molecule has 1 amide bonds. The normalized spacial score (nSPS) is 13.9. The van der Waals surface area contributed by atoms with Crippen molar-refractivity contribution < 1.29 is 19.4 Å². The van der Waals surface area contributed by atoms with Crippen LogP contribution >= 0.6 is 0 Å². The zero-order chi connectivity index (χ0) is 13.3. The summed E-state index contributed by atoms with van der Waals surface area (Å²) in [6, 6.07) is -0.304. The van der Waals surface area contributed by atoms with Crippen LogP contribution in [0.3, 0.4) is 0 Å². The van der Waals surface area contributed by atoms with Crippen LogP contribution in [-0.2, 0) is 14.3 Å². The summed E-state index contributed by atoms with van der Waals surface area (Å²) in [5.74, 6) is -1.07. The first-order valence-corrected chi connectivity index (χ1v) is 5.85. The van der Waals surface area contributed by atoms with Crippen molar-refractivity contribution in [2.24, 2.45) is 0 Å². The molecule has 0 aliphatic carbocycles. The summed E-state index contributed by atoms with van der Waals surface area (Å²) >= 11 is 0. The van der Waals surface area contributed by atoms with Crippen LogP contribution in [0.15, 0.2) is 0 Å². The fourth-order valence-electron chi connectivity index (χ4n) is 1.43. The molecule has 1 unspecified atom stereocenters. The lowest BCUT2D eigenvalue weighted by Crippen LogP contribution is -2.48. The van der Waals surface area contributed by atoms with E-state index in [0.717, 1.165) is 6.42 Å². The number of ether oxygens (including phenoxy) is 1. The highest BCUT2D eigenvalue weighted by molar-refractivity contribution is 5.85. The first-order chi connectivity index (χ1) is 8.06. The van der Waals surface area contributed by atoms with Gasteiger partial charge < -0.3 is 20.5 Å². The Kier molecular flexibility index (Phi) is 8.35. The van der Waals surface area contributed by atoms with Crippen molar-refractivity contribution in [2.75, 3.05) is 20.2 Å². The van der Waals surface area contributed by atoms with Crippen LogP contribution in [0.1, 0.15) is 26.7 Å². The maximum atomic E-state index is 11.5. The maximum Gasteiger partial charge on any atom is 0.325 e. The number of carbonyl (C=O) groups is 2. The molecule has 0 aromatic carbocycles. The second-order valence-corrected chi connectivity index (χ2v) is 3.65. The summed E-state index contributed by atoms with van der Waals surface area (Å²) in [5.41, 5.74) is 0. The molecule has 3 N–H and O–H groups in total. The lowest BCUT2D eigenvalue weighted by atomic mass is 10.1. The van der Waals surface area contributed by atoms with Gasteiger partial charge in [0.25, 0.3) is 5.91 Å². The maximum absolute atomic E-state index is 11.5. The second-order valence-electron chi connectivity index (χ2n) is 3.65. The molecule has 0 saturated heterocycles. The van der Waals surface area contributed by atoms with Crippen molar-refractivity contribution in [1.82, 2.24) is 10.6 Å². The van der Waals surface area contributed by atoms with Crippen LogP contribution in [0.4, 0.5) is 0 Å². The molecule has 2 atom stereocenters. The quantitative estimate of drug-likeness (QED) is 0.498. The average Bonchev–Trinajstić information content (AvgIpc) is 2.32. The summed E-state index contributed by atoms with van der Waals surface area (Å²) in [5, 5.41) is 14.9. The molecule has 0 aromatic rings. The van der Waals surface area contributed by atoms with Gasteiger partial charge in [-0.1, -0.05) is 13.3 Å². The fourth-order valence-corrected chi connectivity index (χ4v) is 1.43. The fraction of sp³-hybridized carbons (Fsp3) is 0.818. The van der Waals surface area contributed by atoms with Crippen LogP contribution in [0.25, 0.3) is 0 Å². The Hall–Kier alpha value is -1.14. The van der Waals surface area contributed by atoms with Crippen LogP contribution in [0.2, 0.25) is 0 Å². The lowest BCUT2D eigenvalue weighted by Gasteiger charge is -2.21. The second kappa shape index (κ2) is 8.95. The third kappa shape index (κ3) is 6.23. The van der Waals surface area contributed by atoms with E-state index in [9.17, 15) is 14.7 Å². The van der Waals surface area contributed by atoms with E-state index >= 15 is 0 Å². The lowest BCUT2D eigenvalue weighted by molar-refractivity contribution is -0.144. The first kappa shape index (κ1) is 15.9. The van der Waals surface area contributed by atoms with Gasteiger partial charge in [0.15, 0.2) is 0 Å². The summed E-state index contributed by atoms with van der Waals surface area (Å²) in [4.78, 5) is 22.5. The van der Waals surface area contributed by atoms with Gasteiger partial charge >= 0.3 is 5.97 Å². The van der Waals surface area contributed by atoms with Gasteiger partial charge in [0.1, 0.15) is 12.6 Å². The minimum Gasteiger partial charge on any atom is -0.465 e. The average molecular weight is 246 g/mol.